The Kier molecular flexibility index (Phi) is 4.31. The number of rotatable bonds is 3. The lowest BCUT2D eigenvalue weighted by Gasteiger charge is -2.29. The van der Waals surface area contributed by atoms with Crippen molar-refractivity contribution in [3.05, 3.63) is 29.6 Å². The highest BCUT2D eigenvalue weighted by atomic mass is 16.2. The first-order valence-corrected chi connectivity index (χ1v) is 6.59. The Morgan fingerprint density at radius 2 is 2.44 bits per heavy atom. The quantitative estimate of drug-likeness (QED) is 0.849. The molecule has 18 heavy (non-hydrogen) atoms. The van der Waals surface area contributed by atoms with Gasteiger partial charge < -0.3 is 10.6 Å². The van der Waals surface area contributed by atoms with Crippen molar-refractivity contribution < 1.29 is 4.79 Å². The second-order valence-electron chi connectivity index (χ2n) is 5.07. The maximum atomic E-state index is 12.1. The summed E-state index contributed by atoms with van der Waals surface area (Å²) >= 11 is 0. The van der Waals surface area contributed by atoms with Gasteiger partial charge in [-0.1, -0.05) is 6.92 Å². The van der Waals surface area contributed by atoms with Gasteiger partial charge >= 0.3 is 0 Å². The van der Waals surface area contributed by atoms with Gasteiger partial charge in [0.1, 0.15) is 0 Å². The number of nitrogens with zero attached hydrogens (tertiary/aromatic N) is 1. The highest BCUT2D eigenvalue weighted by molar-refractivity contribution is 5.82. The number of hydrogen-bond donors (Lipinski definition) is 2. The van der Waals surface area contributed by atoms with Crippen LogP contribution < -0.4 is 10.6 Å². The number of aryl methyl sites for hydroxylation is 1. The van der Waals surface area contributed by atoms with Gasteiger partial charge in [0.2, 0.25) is 5.91 Å². The van der Waals surface area contributed by atoms with Gasteiger partial charge in [-0.2, -0.15) is 0 Å². The maximum Gasteiger partial charge on any atom is 0.237 e. The van der Waals surface area contributed by atoms with Gasteiger partial charge in [-0.05, 0) is 49.4 Å². The van der Waals surface area contributed by atoms with Crippen LogP contribution in [0.3, 0.4) is 0 Å². The number of carbonyl (C=O) groups excluding carboxylic acids is 1. The molecule has 4 nitrogen and oxygen atoms in total. The van der Waals surface area contributed by atoms with Gasteiger partial charge in [0.15, 0.2) is 0 Å². The largest absolute Gasteiger partial charge is 0.351 e. The van der Waals surface area contributed by atoms with E-state index in [-0.39, 0.29) is 11.9 Å². The normalized spacial score (nSPS) is 23.7. The summed E-state index contributed by atoms with van der Waals surface area (Å²) in [6.45, 7) is 5.66. The lowest BCUT2D eigenvalue weighted by Crippen LogP contribution is -2.50. The molecule has 0 saturated carbocycles. The van der Waals surface area contributed by atoms with E-state index < -0.39 is 0 Å². The van der Waals surface area contributed by atoms with Gasteiger partial charge in [0.25, 0.3) is 0 Å². The lowest BCUT2D eigenvalue weighted by molar-refractivity contribution is -0.125. The molecule has 0 spiro atoms. The number of pyridine rings is 1. The monoisotopic (exact) mass is 247 g/mol. The van der Waals surface area contributed by atoms with E-state index in [9.17, 15) is 4.79 Å². The molecule has 2 N–H and O–H groups in total. The van der Waals surface area contributed by atoms with Crippen LogP contribution in [0, 0.1) is 12.8 Å². The second kappa shape index (κ2) is 5.96. The molecule has 0 aromatic carbocycles. The van der Waals surface area contributed by atoms with Gasteiger partial charge in [0.05, 0.1) is 6.04 Å². The van der Waals surface area contributed by atoms with E-state index in [4.69, 9.17) is 0 Å². The minimum Gasteiger partial charge on any atom is -0.351 e. The summed E-state index contributed by atoms with van der Waals surface area (Å²) in [5.74, 6) is 0.513. The summed E-state index contributed by atoms with van der Waals surface area (Å²) in [6, 6.07) is 1.92. The molecule has 1 amide bonds. The number of aromatic nitrogens is 1. The third-order valence-corrected chi connectivity index (χ3v) is 3.65. The van der Waals surface area contributed by atoms with Crippen LogP contribution in [0.5, 0.6) is 0 Å². The van der Waals surface area contributed by atoms with Crippen molar-refractivity contribution in [3.63, 3.8) is 0 Å². The highest BCUT2D eigenvalue weighted by Gasteiger charge is 2.26. The van der Waals surface area contributed by atoms with Gasteiger partial charge in [0, 0.05) is 18.9 Å². The van der Waals surface area contributed by atoms with Crippen LogP contribution in [0.2, 0.25) is 0 Å². The molecule has 2 unspecified atom stereocenters. The first-order chi connectivity index (χ1) is 8.68. The van der Waals surface area contributed by atoms with Crippen LogP contribution in [0.1, 0.15) is 30.9 Å². The van der Waals surface area contributed by atoms with Gasteiger partial charge in [-0.15, -0.1) is 0 Å². The van der Waals surface area contributed by atoms with Crippen LogP contribution >= 0.6 is 0 Å². The second-order valence-corrected chi connectivity index (χ2v) is 5.07. The fourth-order valence-corrected chi connectivity index (χ4v) is 2.37. The molecule has 1 aromatic heterocycles. The van der Waals surface area contributed by atoms with Crippen molar-refractivity contribution in [2.75, 3.05) is 6.54 Å². The van der Waals surface area contributed by atoms with E-state index in [1.807, 2.05) is 19.2 Å². The summed E-state index contributed by atoms with van der Waals surface area (Å²) in [5, 5.41) is 6.29. The smallest absolute Gasteiger partial charge is 0.237 e. The molecule has 4 heteroatoms. The topological polar surface area (TPSA) is 54.0 Å². The molecule has 2 heterocycles. The van der Waals surface area contributed by atoms with Crippen LogP contribution in [0.25, 0.3) is 0 Å². The summed E-state index contributed by atoms with van der Waals surface area (Å²) < 4.78 is 0. The van der Waals surface area contributed by atoms with Gasteiger partial charge in [-0.25, -0.2) is 0 Å². The first kappa shape index (κ1) is 13.0. The molecule has 0 aliphatic carbocycles. The zero-order chi connectivity index (χ0) is 13.0. The molecular weight excluding hydrogens is 226 g/mol. The highest BCUT2D eigenvalue weighted by Crippen LogP contribution is 2.15. The Balaban J connectivity index is 1.90. The first-order valence-electron chi connectivity index (χ1n) is 6.59. The average molecular weight is 247 g/mol. The Hall–Kier alpha value is -1.42. The third-order valence-electron chi connectivity index (χ3n) is 3.65. The van der Waals surface area contributed by atoms with E-state index in [1.54, 1.807) is 6.20 Å². The van der Waals surface area contributed by atoms with Crippen molar-refractivity contribution in [1.29, 1.82) is 0 Å². The molecule has 1 aliphatic rings. The van der Waals surface area contributed by atoms with Crippen molar-refractivity contribution in [1.82, 2.24) is 15.6 Å². The zero-order valence-electron chi connectivity index (χ0n) is 11.1. The van der Waals surface area contributed by atoms with Crippen LogP contribution in [0.15, 0.2) is 18.5 Å². The van der Waals surface area contributed by atoms with E-state index in [1.165, 1.54) is 0 Å². The Labute approximate surface area is 108 Å². The van der Waals surface area contributed by atoms with E-state index >= 15 is 0 Å². The van der Waals surface area contributed by atoms with E-state index in [0.717, 1.165) is 30.5 Å². The fraction of sp³-hybridized carbons (Fsp3) is 0.571. The predicted molar refractivity (Wildman–Crippen MR) is 71.0 cm³/mol. The van der Waals surface area contributed by atoms with Crippen LogP contribution in [-0.2, 0) is 11.3 Å². The summed E-state index contributed by atoms with van der Waals surface area (Å²) in [4.78, 5) is 16.2. The molecular formula is C14H21N3O. The van der Waals surface area contributed by atoms with Crippen molar-refractivity contribution in [2.24, 2.45) is 5.92 Å². The number of carbonyl (C=O) groups is 1. The van der Waals surface area contributed by atoms with Gasteiger partial charge in [-0.3, -0.25) is 9.78 Å². The van der Waals surface area contributed by atoms with Crippen molar-refractivity contribution >= 4 is 5.91 Å². The molecule has 1 aliphatic heterocycles. The Morgan fingerprint density at radius 1 is 1.61 bits per heavy atom. The molecule has 1 saturated heterocycles. The maximum absolute atomic E-state index is 12.1. The standard InChI is InChI=1S/C14H21N3O/c1-10-5-7-15-8-12(10)9-17-14(18)13-11(2)4-3-6-16-13/h5,7-8,11,13,16H,3-4,6,9H2,1-2H3,(H,17,18). The SMILES string of the molecule is Cc1ccncc1CNC(=O)C1NCCCC1C. The zero-order valence-corrected chi connectivity index (χ0v) is 11.1. The van der Waals surface area contributed by atoms with E-state index in [0.29, 0.717) is 12.5 Å². The average Bonchev–Trinajstić information content (AvgIpc) is 2.38. The summed E-state index contributed by atoms with van der Waals surface area (Å²) in [7, 11) is 0. The lowest BCUT2D eigenvalue weighted by atomic mass is 9.92. The molecule has 1 aromatic rings. The molecule has 1 fully saturated rings. The molecule has 2 atom stereocenters. The molecule has 98 valence electrons. The fourth-order valence-electron chi connectivity index (χ4n) is 2.37. The minimum atomic E-state index is -0.0456. The molecule has 2 rings (SSSR count). The number of nitrogens with one attached hydrogen (secondary N) is 2. The number of hydrogen-bond acceptors (Lipinski definition) is 3. The van der Waals surface area contributed by atoms with Crippen LogP contribution in [-0.4, -0.2) is 23.5 Å². The number of amides is 1. The molecule has 0 radical (unpaired) electrons. The predicted octanol–water partition coefficient (Wildman–Crippen LogP) is 1.39. The summed E-state index contributed by atoms with van der Waals surface area (Å²) in [6.07, 6.45) is 5.86. The number of piperidine rings is 1. The minimum absolute atomic E-state index is 0.0456. The summed E-state index contributed by atoms with van der Waals surface area (Å²) in [5.41, 5.74) is 2.24. The Morgan fingerprint density at radius 3 is 3.17 bits per heavy atom. The molecule has 0 bridgehead atoms. The van der Waals surface area contributed by atoms with Crippen LogP contribution in [0.4, 0.5) is 0 Å². The van der Waals surface area contributed by atoms with Crippen molar-refractivity contribution in [2.45, 2.75) is 39.3 Å². The van der Waals surface area contributed by atoms with Crippen molar-refractivity contribution in [3.8, 4) is 0 Å². The Bertz CT molecular complexity index is 419. The third kappa shape index (κ3) is 3.07. The van der Waals surface area contributed by atoms with E-state index in [2.05, 4.69) is 22.5 Å².